The first-order valence-electron chi connectivity index (χ1n) is 2.11. The van der Waals surface area contributed by atoms with Crippen LogP contribution in [0.5, 0.6) is 0 Å². The van der Waals surface area contributed by atoms with E-state index in [9.17, 15) is 0 Å². The fourth-order valence-corrected chi connectivity index (χ4v) is 0.236. The molecule has 0 unspecified atom stereocenters. The zero-order valence-corrected chi connectivity index (χ0v) is 6.63. The van der Waals surface area contributed by atoms with Crippen LogP contribution >= 0.6 is 0 Å². The maximum atomic E-state index is 5.15. The Morgan fingerprint density at radius 2 is 1.75 bits per heavy atom. The van der Waals surface area contributed by atoms with E-state index in [0.717, 1.165) is 0 Å². The second-order valence-corrected chi connectivity index (χ2v) is 1.52. The SMILES string of the molecule is [B+2]CC=C(C)C.[Cl-].[Cl-]. The minimum absolute atomic E-state index is 0. The van der Waals surface area contributed by atoms with Gasteiger partial charge in [-0.1, -0.05) is 0 Å². The summed E-state index contributed by atoms with van der Waals surface area (Å²) in [6.45, 7) is 4.07. The van der Waals surface area contributed by atoms with Gasteiger partial charge in [0, 0.05) is 0 Å². The van der Waals surface area contributed by atoms with Gasteiger partial charge in [0.05, 0.1) is 0 Å². The third-order valence-corrected chi connectivity index (χ3v) is 0.526. The Bertz CT molecular complexity index is 57.4. The first kappa shape index (κ1) is 15.8. The van der Waals surface area contributed by atoms with Crippen molar-refractivity contribution in [2.75, 3.05) is 0 Å². The molecule has 0 rings (SSSR count). The summed E-state index contributed by atoms with van der Waals surface area (Å²) in [5.41, 5.74) is 1.29. The van der Waals surface area contributed by atoms with Gasteiger partial charge >= 0.3 is 39.7 Å². The van der Waals surface area contributed by atoms with Crippen molar-refractivity contribution < 1.29 is 24.8 Å². The average Bonchev–Trinajstić information content (AvgIpc) is 1.35. The molecule has 0 aromatic rings. The van der Waals surface area contributed by atoms with Gasteiger partial charge in [-0.05, 0) is 0 Å². The molecule has 0 aliphatic heterocycles. The largest absolute Gasteiger partial charge is 1.00 e. The molecule has 0 atom stereocenters. The van der Waals surface area contributed by atoms with Crippen molar-refractivity contribution in [3.05, 3.63) is 11.6 Å². The van der Waals surface area contributed by atoms with Crippen LogP contribution in [0.3, 0.4) is 0 Å². The van der Waals surface area contributed by atoms with Gasteiger partial charge in [0.2, 0.25) is 0 Å². The van der Waals surface area contributed by atoms with Crippen molar-refractivity contribution in [3.8, 4) is 0 Å². The van der Waals surface area contributed by atoms with Crippen LogP contribution in [0.2, 0.25) is 6.32 Å². The van der Waals surface area contributed by atoms with E-state index in [1.807, 2.05) is 19.9 Å². The van der Waals surface area contributed by atoms with E-state index >= 15 is 0 Å². The monoisotopic (exact) mass is 150 g/mol. The van der Waals surface area contributed by atoms with Crippen molar-refractivity contribution in [2.24, 2.45) is 0 Å². The standard InChI is InChI=1S/C5H9B.2ClH/c1-5(2)3-4-6;;/h3H,4H2,1-2H3;2*1H/q+2;;/p-2. The van der Waals surface area contributed by atoms with Gasteiger partial charge < -0.3 is 24.8 Å². The number of rotatable bonds is 1. The molecular weight excluding hydrogens is 142 g/mol. The second kappa shape index (κ2) is 10.4. The first-order valence-corrected chi connectivity index (χ1v) is 2.11. The van der Waals surface area contributed by atoms with Gasteiger partial charge in [-0.3, -0.25) is 0 Å². The van der Waals surface area contributed by atoms with Gasteiger partial charge in [0.1, 0.15) is 0 Å². The molecule has 0 aliphatic rings. The van der Waals surface area contributed by atoms with Crippen molar-refractivity contribution in [2.45, 2.75) is 20.2 Å². The molecule has 3 heteroatoms. The molecular formula is C5H9BCl2. The molecule has 0 fully saturated rings. The third-order valence-electron chi connectivity index (χ3n) is 0.526. The van der Waals surface area contributed by atoms with E-state index in [1.165, 1.54) is 5.57 Å². The summed E-state index contributed by atoms with van der Waals surface area (Å²) >= 11 is 0. The fraction of sp³-hybridized carbons (Fsp3) is 0.600. The van der Waals surface area contributed by atoms with E-state index in [2.05, 4.69) is 0 Å². The van der Waals surface area contributed by atoms with Crippen molar-refractivity contribution >= 4 is 7.85 Å². The predicted octanol–water partition coefficient (Wildman–Crippen LogP) is -4.45. The summed E-state index contributed by atoms with van der Waals surface area (Å²) in [5, 5.41) is 0. The smallest absolute Gasteiger partial charge is 1.00 e. The number of hydrogen-bond donors (Lipinski definition) is 0. The van der Waals surface area contributed by atoms with Crippen molar-refractivity contribution in [1.29, 1.82) is 0 Å². The fourth-order valence-electron chi connectivity index (χ4n) is 0.236. The van der Waals surface area contributed by atoms with Crippen LogP contribution in [-0.4, -0.2) is 7.85 Å². The summed E-state index contributed by atoms with van der Waals surface area (Å²) in [4.78, 5) is 0. The summed E-state index contributed by atoms with van der Waals surface area (Å²) in [6, 6.07) is 0. The van der Waals surface area contributed by atoms with Gasteiger partial charge in [-0.2, -0.15) is 0 Å². The average molecular weight is 151 g/mol. The molecule has 0 radical (unpaired) electrons. The minimum atomic E-state index is 0. The van der Waals surface area contributed by atoms with Crippen LogP contribution in [0, 0.1) is 0 Å². The predicted molar refractivity (Wildman–Crippen MR) is 30.0 cm³/mol. The Morgan fingerprint density at radius 1 is 1.38 bits per heavy atom. The number of halogens is 2. The molecule has 0 amide bonds. The van der Waals surface area contributed by atoms with Gasteiger partial charge in [0.15, 0.2) is 0 Å². The Balaban J connectivity index is -0.000000125. The van der Waals surface area contributed by atoms with E-state index < -0.39 is 0 Å². The molecule has 0 bridgehead atoms. The van der Waals surface area contributed by atoms with Gasteiger partial charge in [-0.25, -0.2) is 0 Å². The maximum Gasteiger partial charge on any atom is -1.00 e. The Hall–Kier alpha value is 0.385. The summed E-state index contributed by atoms with van der Waals surface area (Å²) in [7, 11) is 5.15. The molecule has 0 aromatic heterocycles. The first-order chi connectivity index (χ1) is 2.77. The molecule has 0 spiro atoms. The Morgan fingerprint density at radius 3 is 1.75 bits per heavy atom. The minimum Gasteiger partial charge on any atom is -1.00 e. The van der Waals surface area contributed by atoms with E-state index in [1.54, 1.807) is 0 Å². The topological polar surface area (TPSA) is 0 Å². The summed E-state index contributed by atoms with van der Waals surface area (Å²) in [5.74, 6) is 0. The van der Waals surface area contributed by atoms with E-state index in [0.29, 0.717) is 6.32 Å². The number of allylic oxidation sites excluding steroid dienone is 2. The van der Waals surface area contributed by atoms with Gasteiger partial charge in [0.25, 0.3) is 0 Å². The van der Waals surface area contributed by atoms with Crippen LogP contribution in [0.4, 0.5) is 0 Å². The molecule has 0 aromatic carbocycles. The van der Waals surface area contributed by atoms with Crippen LogP contribution in [0.1, 0.15) is 13.8 Å². The summed E-state index contributed by atoms with van der Waals surface area (Å²) in [6.07, 6.45) is 2.66. The zero-order valence-electron chi connectivity index (χ0n) is 5.12. The Kier molecular flexibility index (Phi) is 20.5. The molecule has 0 aliphatic carbocycles. The van der Waals surface area contributed by atoms with Gasteiger partial charge in [-0.15, -0.1) is 0 Å². The van der Waals surface area contributed by atoms with E-state index in [-0.39, 0.29) is 24.8 Å². The maximum absolute atomic E-state index is 5.15. The number of hydrogen-bond acceptors (Lipinski definition) is 0. The molecule has 0 saturated heterocycles. The van der Waals surface area contributed by atoms with Crippen LogP contribution < -0.4 is 24.8 Å². The molecule has 0 N–H and O–H groups in total. The molecule has 0 nitrogen and oxygen atoms in total. The third kappa shape index (κ3) is 16.2. The summed E-state index contributed by atoms with van der Waals surface area (Å²) < 4.78 is 0. The quantitative estimate of drug-likeness (QED) is 0.262. The van der Waals surface area contributed by atoms with E-state index in [4.69, 9.17) is 7.85 Å². The normalized spacial score (nSPS) is 6.00. The van der Waals surface area contributed by atoms with Crippen LogP contribution in [0.25, 0.3) is 0 Å². The van der Waals surface area contributed by atoms with Crippen LogP contribution in [0.15, 0.2) is 11.6 Å². The molecule has 0 saturated carbocycles. The van der Waals surface area contributed by atoms with Crippen molar-refractivity contribution in [1.82, 2.24) is 0 Å². The zero-order chi connectivity index (χ0) is 4.99. The molecule has 46 valence electrons. The Labute approximate surface area is 65.0 Å². The molecule has 0 heterocycles. The van der Waals surface area contributed by atoms with Crippen LogP contribution in [-0.2, 0) is 0 Å². The van der Waals surface area contributed by atoms with Crippen molar-refractivity contribution in [3.63, 3.8) is 0 Å². The molecule has 8 heavy (non-hydrogen) atoms. The second-order valence-electron chi connectivity index (χ2n) is 1.52.